The number of rotatable bonds is 6. The number of carbonyl (C=O) groups is 1. The van der Waals surface area contributed by atoms with Crippen LogP contribution in [0.3, 0.4) is 0 Å². The number of hydrogen-bond donors (Lipinski definition) is 1. The van der Waals surface area contributed by atoms with Crippen molar-refractivity contribution in [3.63, 3.8) is 0 Å². The van der Waals surface area contributed by atoms with Crippen molar-refractivity contribution in [1.82, 2.24) is 15.0 Å². The quantitative estimate of drug-likeness (QED) is 0.782. The van der Waals surface area contributed by atoms with Crippen molar-refractivity contribution in [2.24, 2.45) is 0 Å². The van der Waals surface area contributed by atoms with Crippen LogP contribution < -0.4 is 4.74 Å². The van der Waals surface area contributed by atoms with Crippen molar-refractivity contribution in [3.8, 4) is 11.4 Å². The zero-order valence-corrected chi connectivity index (χ0v) is 10.3. The molecule has 19 heavy (non-hydrogen) atoms. The van der Waals surface area contributed by atoms with Gasteiger partial charge in [0.1, 0.15) is 12.4 Å². The van der Waals surface area contributed by atoms with Crippen LogP contribution in [0, 0.1) is 0 Å². The topological polar surface area (TPSA) is 86.5 Å². The van der Waals surface area contributed by atoms with Gasteiger partial charge in [0.15, 0.2) is 5.69 Å². The Bertz CT molecular complexity index is 550. The van der Waals surface area contributed by atoms with Gasteiger partial charge < -0.3 is 14.6 Å². The number of aromatic nitrogens is 3. The van der Waals surface area contributed by atoms with Crippen molar-refractivity contribution < 1.29 is 19.4 Å². The summed E-state index contributed by atoms with van der Waals surface area (Å²) in [6.45, 7) is 0.995. The number of carboxylic acids is 1. The molecule has 1 N–H and O–H groups in total. The molecule has 2 aromatic rings. The van der Waals surface area contributed by atoms with E-state index in [1.807, 2.05) is 0 Å². The number of nitrogens with zero attached hydrogens (tertiary/aromatic N) is 3. The van der Waals surface area contributed by atoms with Gasteiger partial charge in [-0.1, -0.05) is 5.21 Å². The van der Waals surface area contributed by atoms with Gasteiger partial charge in [0.25, 0.3) is 0 Å². The lowest BCUT2D eigenvalue weighted by Gasteiger charge is -2.06. The summed E-state index contributed by atoms with van der Waals surface area (Å²) in [5, 5.41) is 16.0. The number of hydrogen-bond acceptors (Lipinski definition) is 5. The zero-order valence-electron chi connectivity index (χ0n) is 10.3. The summed E-state index contributed by atoms with van der Waals surface area (Å²) in [6.07, 6.45) is 1.35. The van der Waals surface area contributed by atoms with E-state index in [-0.39, 0.29) is 5.69 Å². The van der Waals surface area contributed by atoms with Gasteiger partial charge in [0.05, 0.1) is 18.5 Å². The Balaban J connectivity index is 2.06. The Morgan fingerprint density at radius 3 is 2.63 bits per heavy atom. The fourth-order valence-corrected chi connectivity index (χ4v) is 1.43. The second-order valence-corrected chi connectivity index (χ2v) is 3.69. The van der Waals surface area contributed by atoms with E-state index in [9.17, 15) is 4.79 Å². The minimum atomic E-state index is -1.11. The first kappa shape index (κ1) is 13.0. The van der Waals surface area contributed by atoms with Gasteiger partial charge in [0, 0.05) is 7.11 Å². The smallest absolute Gasteiger partial charge is 0.358 e. The monoisotopic (exact) mass is 263 g/mol. The summed E-state index contributed by atoms with van der Waals surface area (Å²) in [7, 11) is 1.61. The maximum Gasteiger partial charge on any atom is 0.358 e. The predicted molar refractivity (Wildman–Crippen MR) is 65.7 cm³/mol. The summed E-state index contributed by atoms with van der Waals surface area (Å²) >= 11 is 0. The van der Waals surface area contributed by atoms with E-state index in [1.54, 1.807) is 31.4 Å². The molecule has 0 spiro atoms. The Labute approximate surface area is 109 Å². The molecule has 0 bridgehead atoms. The predicted octanol–water partition coefficient (Wildman–Crippen LogP) is 0.991. The molecule has 0 saturated heterocycles. The molecule has 2 rings (SSSR count). The second kappa shape index (κ2) is 5.96. The molecule has 1 aromatic heterocycles. The molecule has 0 aliphatic heterocycles. The van der Waals surface area contributed by atoms with Gasteiger partial charge >= 0.3 is 5.97 Å². The summed E-state index contributed by atoms with van der Waals surface area (Å²) in [4.78, 5) is 10.7. The van der Waals surface area contributed by atoms with Gasteiger partial charge in [0.2, 0.25) is 0 Å². The molecule has 0 aliphatic carbocycles. The molecule has 0 aliphatic rings. The van der Waals surface area contributed by atoms with Crippen LogP contribution in [0.4, 0.5) is 0 Å². The average Bonchev–Trinajstić information content (AvgIpc) is 2.90. The first-order chi connectivity index (χ1) is 9.20. The molecule has 1 heterocycles. The molecule has 100 valence electrons. The molecule has 1 aromatic carbocycles. The first-order valence-electron chi connectivity index (χ1n) is 5.58. The minimum absolute atomic E-state index is 0.0968. The molecular weight excluding hydrogens is 250 g/mol. The third-order valence-electron chi connectivity index (χ3n) is 2.37. The highest BCUT2D eigenvalue weighted by Crippen LogP contribution is 2.14. The number of methoxy groups -OCH3 is 1. The van der Waals surface area contributed by atoms with Crippen LogP contribution in [-0.4, -0.2) is 46.4 Å². The van der Waals surface area contributed by atoms with Crippen molar-refractivity contribution in [1.29, 1.82) is 0 Å². The molecule has 0 radical (unpaired) electrons. The third-order valence-corrected chi connectivity index (χ3v) is 2.37. The summed E-state index contributed by atoms with van der Waals surface area (Å²) in [5.74, 6) is -0.398. The number of benzene rings is 1. The van der Waals surface area contributed by atoms with E-state index in [2.05, 4.69) is 10.3 Å². The Hall–Kier alpha value is -2.41. The Morgan fingerprint density at radius 1 is 1.32 bits per heavy atom. The van der Waals surface area contributed by atoms with E-state index >= 15 is 0 Å². The lowest BCUT2D eigenvalue weighted by atomic mass is 10.3. The lowest BCUT2D eigenvalue weighted by Crippen LogP contribution is -2.04. The summed E-state index contributed by atoms with van der Waals surface area (Å²) in [6, 6.07) is 7.07. The highest BCUT2D eigenvalue weighted by molar-refractivity contribution is 5.84. The van der Waals surface area contributed by atoms with Crippen LogP contribution in [0.5, 0.6) is 5.75 Å². The largest absolute Gasteiger partial charge is 0.491 e. The molecule has 7 nitrogen and oxygen atoms in total. The van der Waals surface area contributed by atoms with E-state index in [4.69, 9.17) is 14.6 Å². The second-order valence-electron chi connectivity index (χ2n) is 3.69. The molecular formula is C12H13N3O4. The Kier molecular flexibility index (Phi) is 4.09. The first-order valence-corrected chi connectivity index (χ1v) is 5.58. The molecule has 0 saturated carbocycles. The molecule has 7 heteroatoms. The minimum Gasteiger partial charge on any atom is -0.491 e. The average molecular weight is 263 g/mol. The molecule has 0 fully saturated rings. The van der Waals surface area contributed by atoms with Crippen molar-refractivity contribution >= 4 is 5.97 Å². The van der Waals surface area contributed by atoms with Gasteiger partial charge in [-0.15, -0.1) is 5.10 Å². The fourth-order valence-electron chi connectivity index (χ4n) is 1.43. The van der Waals surface area contributed by atoms with Crippen LogP contribution in [-0.2, 0) is 4.74 Å². The van der Waals surface area contributed by atoms with E-state index in [0.717, 1.165) is 0 Å². The van der Waals surface area contributed by atoms with Crippen LogP contribution in [0.1, 0.15) is 10.5 Å². The number of carboxylic acid groups (broad SMARTS) is 1. The van der Waals surface area contributed by atoms with Gasteiger partial charge in [-0.2, -0.15) is 0 Å². The Morgan fingerprint density at radius 2 is 2.05 bits per heavy atom. The van der Waals surface area contributed by atoms with Crippen molar-refractivity contribution in [3.05, 3.63) is 36.2 Å². The van der Waals surface area contributed by atoms with Gasteiger partial charge in [-0.05, 0) is 24.3 Å². The van der Waals surface area contributed by atoms with Crippen molar-refractivity contribution in [2.45, 2.75) is 0 Å². The summed E-state index contributed by atoms with van der Waals surface area (Å²) < 4.78 is 11.7. The van der Waals surface area contributed by atoms with E-state index < -0.39 is 5.97 Å². The van der Waals surface area contributed by atoms with Gasteiger partial charge in [-0.25, -0.2) is 9.48 Å². The molecule has 0 atom stereocenters. The van der Waals surface area contributed by atoms with E-state index in [1.165, 1.54) is 10.9 Å². The lowest BCUT2D eigenvalue weighted by molar-refractivity contribution is 0.0690. The molecule has 0 amide bonds. The highest BCUT2D eigenvalue weighted by Gasteiger charge is 2.09. The van der Waals surface area contributed by atoms with Crippen LogP contribution in [0.15, 0.2) is 30.5 Å². The van der Waals surface area contributed by atoms with Gasteiger partial charge in [-0.3, -0.25) is 0 Å². The van der Waals surface area contributed by atoms with Crippen LogP contribution in [0.2, 0.25) is 0 Å². The number of aromatic carboxylic acids is 1. The fraction of sp³-hybridized carbons (Fsp3) is 0.250. The highest BCUT2D eigenvalue weighted by atomic mass is 16.5. The van der Waals surface area contributed by atoms with Crippen LogP contribution in [0.25, 0.3) is 5.69 Å². The zero-order chi connectivity index (χ0) is 13.7. The summed E-state index contributed by atoms with van der Waals surface area (Å²) in [5.41, 5.74) is 0.611. The molecule has 0 unspecified atom stereocenters. The normalized spacial score (nSPS) is 10.4. The van der Waals surface area contributed by atoms with Crippen molar-refractivity contribution in [2.75, 3.05) is 20.3 Å². The SMILES string of the molecule is COCCOc1ccc(-n2cc(C(=O)O)nn2)cc1. The third kappa shape index (κ3) is 3.29. The maximum absolute atomic E-state index is 10.7. The standard InChI is InChI=1S/C12H13N3O4/c1-18-6-7-19-10-4-2-9(3-5-10)15-8-11(12(16)17)13-14-15/h2-5,8H,6-7H2,1H3,(H,16,17). The van der Waals surface area contributed by atoms with E-state index in [0.29, 0.717) is 24.7 Å². The maximum atomic E-state index is 10.7. The van der Waals surface area contributed by atoms with Crippen LogP contribution >= 0.6 is 0 Å². The number of ether oxygens (including phenoxy) is 2.